The summed E-state index contributed by atoms with van der Waals surface area (Å²) in [6.45, 7) is 0.311. The van der Waals surface area contributed by atoms with Crippen LogP contribution in [0.2, 0.25) is 0 Å². The number of nitrogens with zero attached hydrogens (tertiary/aromatic N) is 2. The fraction of sp³-hybridized carbons (Fsp3) is 0.276. The topological polar surface area (TPSA) is 86.3 Å². The van der Waals surface area contributed by atoms with E-state index in [0.29, 0.717) is 34.6 Å². The molecule has 1 atom stereocenters. The number of fused-ring (bicyclic) bond motifs is 1. The minimum atomic E-state index is -4.48. The van der Waals surface area contributed by atoms with E-state index < -0.39 is 23.8 Å². The summed E-state index contributed by atoms with van der Waals surface area (Å²) in [6, 6.07) is 15.2. The first kappa shape index (κ1) is 25.5. The SMILES string of the molecule is O=C(C(O)c1cccc(-c2cccc(C(F)(F)F)c2)c1)N1CCc2nc(C3(c4cccs4)CC3)[nH]c(=O)c2C1. The van der Waals surface area contributed by atoms with Crippen molar-refractivity contribution in [2.45, 2.75) is 43.5 Å². The molecule has 2 aromatic carbocycles. The van der Waals surface area contributed by atoms with Gasteiger partial charge in [0.1, 0.15) is 5.82 Å². The van der Waals surface area contributed by atoms with Gasteiger partial charge in [-0.2, -0.15) is 13.2 Å². The molecule has 6 nitrogen and oxygen atoms in total. The number of alkyl halides is 3. The lowest BCUT2D eigenvalue weighted by Crippen LogP contribution is -2.42. The molecule has 0 bridgehead atoms. The van der Waals surface area contributed by atoms with Crippen LogP contribution in [0.5, 0.6) is 0 Å². The minimum absolute atomic E-state index is 0.0210. The van der Waals surface area contributed by atoms with Crippen LogP contribution in [-0.2, 0) is 29.4 Å². The van der Waals surface area contributed by atoms with Crippen molar-refractivity contribution in [1.82, 2.24) is 14.9 Å². The summed E-state index contributed by atoms with van der Waals surface area (Å²) < 4.78 is 39.5. The third-order valence-electron chi connectivity index (χ3n) is 7.54. The first-order valence-corrected chi connectivity index (χ1v) is 13.4. The fourth-order valence-electron chi connectivity index (χ4n) is 5.19. The van der Waals surface area contributed by atoms with Crippen LogP contribution in [0.15, 0.2) is 70.8 Å². The monoisotopic (exact) mass is 551 g/mol. The van der Waals surface area contributed by atoms with E-state index in [0.717, 1.165) is 25.0 Å². The molecule has 10 heteroatoms. The van der Waals surface area contributed by atoms with Crippen LogP contribution in [0.1, 0.15) is 52.0 Å². The molecular weight excluding hydrogens is 527 g/mol. The van der Waals surface area contributed by atoms with E-state index in [1.807, 2.05) is 11.4 Å². The molecule has 1 unspecified atom stereocenters. The van der Waals surface area contributed by atoms with Crippen LogP contribution < -0.4 is 5.56 Å². The highest BCUT2D eigenvalue weighted by Crippen LogP contribution is 2.53. The van der Waals surface area contributed by atoms with Gasteiger partial charge in [0.05, 0.1) is 28.8 Å². The number of carbonyl (C=O) groups is 1. The zero-order chi connectivity index (χ0) is 27.4. The molecule has 200 valence electrons. The highest BCUT2D eigenvalue weighted by molar-refractivity contribution is 7.10. The van der Waals surface area contributed by atoms with Crippen LogP contribution in [0.4, 0.5) is 13.2 Å². The Labute approximate surface area is 225 Å². The van der Waals surface area contributed by atoms with Gasteiger partial charge in [-0.15, -0.1) is 11.3 Å². The van der Waals surface area contributed by atoms with Gasteiger partial charge in [-0.3, -0.25) is 9.59 Å². The molecule has 1 aliphatic carbocycles. The predicted molar refractivity (Wildman–Crippen MR) is 140 cm³/mol. The average Bonchev–Trinajstić information content (AvgIpc) is 3.57. The molecule has 6 rings (SSSR count). The van der Waals surface area contributed by atoms with E-state index in [1.165, 1.54) is 21.9 Å². The number of aromatic amines is 1. The lowest BCUT2D eigenvalue weighted by Gasteiger charge is -2.30. The number of hydrogen-bond donors (Lipinski definition) is 2. The van der Waals surface area contributed by atoms with Crippen molar-refractivity contribution in [2.75, 3.05) is 6.54 Å². The molecule has 2 N–H and O–H groups in total. The summed E-state index contributed by atoms with van der Waals surface area (Å²) in [6.07, 6.45) is -3.78. The number of thiophene rings is 1. The second kappa shape index (κ2) is 9.46. The lowest BCUT2D eigenvalue weighted by atomic mass is 9.98. The standard InChI is InChI=1S/C29H24F3N3O3S/c30-29(31,32)20-7-2-5-18(15-20)17-4-1-6-19(14-17)24(36)26(38)35-12-9-22-21(16-35)25(37)34-27(33-22)28(10-11-28)23-8-3-13-39-23/h1-8,13-15,24,36H,9-12,16H2,(H,33,34,37). The van der Waals surface area contributed by atoms with Crippen LogP contribution in [0.25, 0.3) is 11.1 Å². The van der Waals surface area contributed by atoms with E-state index in [1.54, 1.807) is 35.6 Å². The molecule has 1 saturated carbocycles. The van der Waals surface area contributed by atoms with Crippen molar-refractivity contribution in [3.8, 4) is 11.1 Å². The van der Waals surface area contributed by atoms with Gasteiger partial charge in [-0.25, -0.2) is 4.98 Å². The smallest absolute Gasteiger partial charge is 0.378 e. The maximum Gasteiger partial charge on any atom is 0.416 e. The third kappa shape index (κ3) is 4.68. The number of rotatable bonds is 5. The molecule has 39 heavy (non-hydrogen) atoms. The number of benzene rings is 2. The Bertz CT molecular complexity index is 1610. The molecular formula is C29H24F3N3O3S. The summed E-state index contributed by atoms with van der Waals surface area (Å²) in [5.74, 6) is 0.0856. The number of aromatic nitrogens is 2. The Kier molecular flexibility index (Phi) is 6.19. The number of amides is 1. The van der Waals surface area contributed by atoms with Crippen molar-refractivity contribution in [3.63, 3.8) is 0 Å². The van der Waals surface area contributed by atoms with Gasteiger partial charge >= 0.3 is 6.18 Å². The van der Waals surface area contributed by atoms with E-state index in [4.69, 9.17) is 4.98 Å². The number of aliphatic hydroxyl groups excluding tert-OH is 1. The molecule has 0 radical (unpaired) electrons. The molecule has 0 saturated heterocycles. The average molecular weight is 552 g/mol. The van der Waals surface area contributed by atoms with Gasteiger partial charge in [0.15, 0.2) is 6.10 Å². The zero-order valence-corrected chi connectivity index (χ0v) is 21.5. The highest BCUT2D eigenvalue weighted by Gasteiger charge is 2.49. The molecule has 3 heterocycles. The second-order valence-corrected chi connectivity index (χ2v) is 11.0. The van der Waals surface area contributed by atoms with Gasteiger partial charge < -0.3 is 15.0 Å². The highest BCUT2D eigenvalue weighted by atomic mass is 32.1. The minimum Gasteiger partial charge on any atom is -0.378 e. The number of halogens is 3. The fourth-order valence-corrected chi connectivity index (χ4v) is 6.18. The number of hydrogen-bond acceptors (Lipinski definition) is 5. The lowest BCUT2D eigenvalue weighted by molar-refractivity contribution is -0.141. The summed E-state index contributed by atoms with van der Waals surface area (Å²) in [4.78, 5) is 36.7. The largest absolute Gasteiger partial charge is 0.416 e. The van der Waals surface area contributed by atoms with Crippen LogP contribution in [-0.4, -0.2) is 32.4 Å². The maximum atomic E-state index is 13.2. The first-order chi connectivity index (χ1) is 18.7. The quantitative estimate of drug-likeness (QED) is 0.356. The van der Waals surface area contributed by atoms with E-state index in [2.05, 4.69) is 11.1 Å². The maximum absolute atomic E-state index is 13.2. The van der Waals surface area contributed by atoms with Crippen molar-refractivity contribution < 1.29 is 23.1 Å². The summed E-state index contributed by atoms with van der Waals surface area (Å²) >= 11 is 1.64. The van der Waals surface area contributed by atoms with E-state index >= 15 is 0 Å². The van der Waals surface area contributed by atoms with Gasteiger partial charge in [0.25, 0.3) is 11.5 Å². The molecule has 4 aromatic rings. The van der Waals surface area contributed by atoms with E-state index in [9.17, 15) is 27.9 Å². The van der Waals surface area contributed by atoms with Crippen molar-refractivity contribution >= 4 is 17.2 Å². The van der Waals surface area contributed by atoms with Crippen molar-refractivity contribution in [1.29, 1.82) is 0 Å². The van der Waals surface area contributed by atoms with Gasteiger partial charge in [-0.1, -0.05) is 36.4 Å². The Morgan fingerprint density at radius 2 is 1.82 bits per heavy atom. The number of aliphatic hydroxyl groups is 1. The van der Waals surface area contributed by atoms with Gasteiger partial charge in [0.2, 0.25) is 0 Å². The third-order valence-corrected chi connectivity index (χ3v) is 8.61. The Hall–Kier alpha value is -3.76. The van der Waals surface area contributed by atoms with Crippen LogP contribution in [0.3, 0.4) is 0 Å². The van der Waals surface area contributed by atoms with E-state index in [-0.39, 0.29) is 29.6 Å². The molecule has 2 aromatic heterocycles. The van der Waals surface area contributed by atoms with Gasteiger partial charge in [0, 0.05) is 17.8 Å². The summed E-state index contributed by atoms with van der Waals surface area (Å²) in [7, 11) is 0. The van der Waals surface area contributed by atoms with Crippen molar-refractivity contribution in [3.05, 3.63) is 109 Å². The molecule has 1 fully saturated rings. The molecule has 2 aliphatic rings. The first-order valence-electron chi connectivity index (χ1n) is 12.6. The number of carbonyl (C=O) groups excluding carboxylic acids is 1. The summed E-state index contributed by atoms with van der Waals surface area (Å²) in [5.41, 5.74) is 0.804. The molecule has 1 aliphatic heterocycles. The molecule has 1 amide bonds. The van der Waals surface area contributed by atoms with Crippen LogP contribution in [0, 0.1) is 0 Å². The van der Waals surface area contributed by atoms with Crippen molar-refractivity contribution in [2.24, 2.45) is 0 Å². The second-order valence-electron chi connectivity index (χ2n) is 10.0. The Morgan fingerprint density at radius 3 is 2.51 bits per heavy atom. The zero-order valence-electron chi connectivity index (χ0n) is 20.7. The predicted octanol–water partition coefficient (Wildman–Crippen LogP) is 5.22. The van der Waals surface area contributed by atoms with Crippen LogP contribution >= 0.6 is 11.3 Å². The van der Waals surface area contributed by atoms with Gasteiger partial charge in [-0.05, 0) is 59.2 Å². The Balaban J connectivity index is 1.22. The Morgan fingerprint density at radius 1 is 1.08 bits per heavy atom. The number of H-pyrrole nitrogens is 1. The normalized spacial score (nSPS) is 17.0. The summed E-state index contributed by atoms with van der Waals surface area (Å²) in [5, 5.41) is 12.9. The number of nitrogens with one attached hydrogen (secondary N) is 1. The molecule has 0 spiro atoms.